The predicted molar refractivity (Wildman–Crippen MR) is 87.3 cm³/mol. The summed E-state index contributed by atoms with van der Waals surface area (Å²) in [5.41, 5.74) is 6.75. The molecule has 0 heterocycles. The van der Waals surface area contributed by atoms with Gasteiger partial charge in [0.05, 0.1) is 6.10 Å². The Morgan fingerprint density at radius 3 is 2.78 bits per heavy atom. The summed E-state index contributed by atoms with van der Waals surface area (Å²) in [6, 6.07) is -0.426. The molecule has 0 aliphatic heterocycles. The van der Waals surface area contributed by atoms with E-state index >= 15 is 0 Å². The minimum Gasteiger partial charge on any atom is -0.508 e. The molecule has 0 saturated heterocycles. The van der Waals surface area contributed by atoms with Gasteiger partial charge in [-0.05, 0) is 60.2 Å². The van der Waals surface area contributed by atoms with Crippen LogP contribution in [0.1, 0.15) is 33.1 Å². The quantitative estimate of drug-likeness (QED) is 0.643. The summed E-state index contributed by atoms with van der Waals surface area (Å²) in [5.74, 6) is 0.636. The number of fused-ring (bicyclic) bond motifs is 5. The van der Waals surface area contributed by atoms with Crippen LogP contribution in [0.2, 0.25) is 0 Å². The van der Waals surface area contributed by atoms with E-state index in [1.807, 2.05) is 6.08 Å². The van der Waals surface area contributed by atoms with E-state index < -0.39 is 18.3 Å². The van der Waals surface area contributed by atoms with Crippen molar-refractivity contribution in [3.05, 3.63) is 35.6 Å². The third-order valence-corrected chi connectivity index (χ3v) is 7.44. The largest absolute Gasteiger partial charge is 0.508 e. The van der Waals surface area contributed by atoms with Gasteiger partial charge in [-0.3, -0.25) is 0 Å². The van der Waals surface area contributed by atoms with E-state index in [-0.39, 0.29) is 34.3 Å². The Bertz CT molecular complexity index is 627. The maximum absolute atomic E-state index is 14.4. The number of aliphatic hydroxyl groups is 2. The number of alkyl halides is 1. The van der Waals surface area contributed by atoms with Gasteiger partial charge in [0, 0.05) is 11.5 Å². The molecule has 0 aromatic rings. The Labute approximate surface area is 136 Å². The molecule has 0 aromatic heterocycles. The van der Waals surface area contributed by atoms with Crippen LogP contribution in [0.3, 0.4) is 0 Å². The average molecular weight is 319 g/mol. The fourth-order valence-electron chi connectivity index (χ4n) is 5.96. The van der Waals surface area contributed by atoms with Crippen molar-refractivity contribution in [2.75, 3.05) is 0 Å². The van der Waals surface area contributed by atoms with Crippen molar-refractivity contribution in [2.45, 2.75) is 51.4 Å². The van der Waals surface area contributed by atoms with Gasteiger partial charge in [-0.25, -0.2) is 4.39 Å². The summed E-state index contributed by atoms with van der Waals surface area (Å²) in [4.78, 5) is 0. The van der Waals surface area contributed by atoms with Gasteiger partial charge in [-0.15, -0.1) is 0 Å². The molecule has 4 N–H and O–H groups in total. The zero-order chi connectivity index (χ0) is 16.6. The molecule has 0 radical (unpaired) electrons. The first-order chi connectivity index (χ1) is 10.8. The lowest BCUT2D eigenvalue weighted by molar-refractivity contribution is -0.0616. The lowest BCUT2D eigenvalue weighted by Crippen LogP contribution is -2.55. The second-order valence-corrected chi connectivity index (χ2v) is 8.41. The Morgan fingerprint density at radius 1 is 1.30 bits per heavy atom. The van der Waals surface area contributed by atoms with Crippen molar-refractivity contribution in [1.82, 2.24) is 0 Å². The van der Waals surface area contributed by atoms with Gasteiger partial charge in [0.25, 0.3) is 0 Å². The highest BCUT2D eigenvalue weighted by molar-refractivity contribution is 5.44. The second-order valence-electron chi connectivity index (χ2n) is 8.41. The summed E-state index contributed by atoms with van der Waals surface area (Å²) in [5, 5.41) is 20.6. The average Bonchev–Trinajstić information content (AvgIpc) is 2.73. The molecule has 0 amide bonds. The van der Waals surface area contributed by atoms with Crippen molar-refractivity contribution in [2.24, 2.45) is 34.3 Å². The van der Waals surface area contributed by atoms with Gasteiger partial charge >= 0.3 is 0 Å². The molecular weight excluding hydrogens is 293 g/mol. The number of nitrogens with two attached hydrogens (primary N) is 1. The van der Waals surface area contributed by atoms with Crippen LogP contribution in [0, 0.1) is 28.6 Å². The van der Waals surface area contributed by atoms with E-state index in [2.05, 4.69) is 19.9 Å². The molecule has 2 saturated carbocycles. The van der Waals surface area contributed by atoms with Crippen molar-refractivity contribution < 1.29 is 14.6 Å². The zero-order valence-electron chi connectivity index (χ0n) is 13.7. The number of hydrogen-bond donors (Lipinski definition) is 3. The SMILES string of the molecule is C[C@]12CC[C@H]3[C@@H]([C@@H](O)C=C4C=C(O)C=C[C@@]43C)[C@@H]1C[C@@H](F)[C@H]2N. The summed E-state index contributed by atoms with van der Waals surface area (Å²) in [6.45, 7) is 4.28. The molecule has 4 aliphatic carbocycles. The molecule has 4 aliphatic rings. The van der Waals surface area contributed by atoms with Gasteiger partial charge in [-0.1, -0.05) is 26.0 Å². The van der Waals surface area contributed by atoms with Crippen molar-refractivity contribution >= 4 is 0 Å². The van der Waals surface area contributed by atoms with E-state index in [0.717, 1.165) is 18.4 Å². The molecule has 3 nitrogen and oxygen atoms in total. The molecule has 2 fully saturated rings. The van der Waals surface area contributed by atoms with Gasteiger partial charge < -0.3 is 15.9 Å². The molecule has 4 heteroatoms. The van der Waals surface area contributed by atoms with Crippen LogP contribution in [0.4, 0.5) is 4.39 Å². The Balaban J connectivity index is 1.78. The van der Waals surface area contributed by atoms with E-state index in [9.17, 15) is 14.6 Å². The minimum atomic E-state index is -0.972. The minimum absolute atomic E-state index is 0.0348. The first-order valence-corrected chi connectivity index (χ1v) is 8.67. The normalized spacial score (nSPS) is 54.7. The molecular formula is C19H26FNO2. The summed E-state index contributed by atoms with van der Waals surface area (Å²) in [6.07, 6.45) is 8.15. The molecule has 8 atom stereocenters. The standard InChI is InChI=1S/C19H26FNO2/c1-18-5-3-11(22)7-10(18)8-15(23)16-12(18)4-6-19(2)13(16)9-14(20)17(19)21/h3,5,7-8,12-17,22-23H,4,6,9,21H2,1-2H3/t12-,13-,14+,15-,16+,17+,18-,19-/m0/s1. The van der Waals surface area contributed by atoms with Crippen LogP contribution in [-0.4, -0.2) is 28.5 Å². The molecule has 126 valence electrons. The zero-order valence-corrected chi connectivity index (χ0v) is 13.7. The third kappa shape index (κ3) is 1.88. The summed E-state index contributed by atoms with van der Waals surface area (Å²) in [7, 11) is 0. The molecule has 23 heavy (non-hydrogen) atoms. The fourth-order valence-corrected chi connectivity index (χ4v) is 5.96. The maximum atomic E-state index is 14.4. The van der Waals surface area contributed by atoms with E-state index in [4.69, 9.17) is 5.73 Å². The van der Waals surface area contributed by atoms with E-state index in [0.29, 0.717) is 6.42 Å². The number of hydrogen-bond acceptors (Lipinski definition) is 3. The highest BCUT2D eigenvalue weighted by atomic mass is 19.1. The molecule has 0 unspecified atom stereocenters. The Kier molecular flexibility index (Phi) is 3.15. The van der Waals surface area contributed by atoms with Gasteiger partial charge in [0.2, 0.25) is 0 Å². The Morgan fingerprint density at radius 2 is 2.04 bits per heavy atom. The highest BCUT2D eigenvalue weighted by Crippen LogP contribution is 2.63. The molecule has 0 spiro atoms. The lowest BCUT2D eigenvalue weighted by Gasteiger charge is -2.56. The van der Waals surface area contributed by atoms with Crippen LogP contribution < -0.4 is 5.73 Å². The van der Waals surface area contributed by atoms with E-state index in [1.165, 1.54) is 0 Å². The Hall–Kier alpha value is -1.13. The van der Waals surface area contributed by atoms with Crippen LogP contribution in [-0.2, 0) is 0 Å². The number of halogens is 1. The van der Waals surface area contributed by atoms with Crippen molar-refractivity contribution in [3.63, 3.8) is 0 Å². The number of allylic oxidation sites excluding steroid dienone is 4. The lowest BCUT2D eigenvalue weighted by atomic mass is 9.49. The van der Waals surface area contributed by atoms with Crippen LogP contribution in [0.25, 0.3) is 0 Å². The van der Waals surface area contributed by atoms with Crippen molar-refractivity contribution in [1.29, 1.82) is 0 Å². The van der Waals surface area contributed by atoms with Gasteiger partial charge in [0.15, 0.2) is 0 Å². The molecule has 0 aromatic carbocycles. The summed E-state index contributed by atoms with van der Waals surface area (Å²) >= 11 is 0. The number of rotatable bonds is 0. The second kappa shape index (κ2) is 4.70. The molecule has 0 bridgehead atoms. The third-order valence-electron chi connectivity index (χ3n) is 7.44. The van der Waals surface area contributed by atoms with Crippen LogP contribution in [0.15, 0.2) is 35.6 Å². The van der Waals surface area contributed by atoms with Crippen LogP contribution in [0.5, 0.6) is 0 Å². The highest BCUT2D eigenvalue weighted by Gasteiger charge is 2.61. The van der Waals surface area contributed by atoms with Gasteiger partial charge in [0.1, 0.15) is 11.9 Å². The van der Waals surface area contributed by atoms with E-state index in [1.54, 1.807) is 12.2 Å². The number of aliphatic hydroxyl groups excluding tert-OH is 2. The first-order valence-electron chi connectivity index (χ1n) is 8.67. The topological polar surface area (TPSA) is 66.5 Å². The van der Waals surface area contributed by atoms with Crippen LogP contribution >= 0.6 is 0 Å². The molecule has 4 rings (SSSR count). The predicted octanol–water partition coefficient (Wildman–Crippen LogP) is 3.02. The first kappa shape index (κ1) is 15.4. The fraction of sp³-hybridized carbons (Fsp3) is 0.684. The smallest absolute Gasteiger partial charge is 0.116 e. The summed E-state index contributed by atoms with van der Waals surface area (Å²) < 4.78 is 14.4. The monoisotopic (exact) mass is 319 g/mol. The van der Waals surface area contributed by atoms with Crippen molar-refractivity contribution in [3.8, 4) is 0 Å². The van der Waals surface area contributed by atoms with Gasteiger partial charge in [-0.2, -0.15) is 0 Å². The maximum Gasteiger partial charge on any atom is 0.116 e.